The van der Waals surface area contributed by atoms with Crippen molar-refractivity contribution < 1.29 is 0 Å². The van der Waals surface area contributed by atoms with Crippen molar-refractivity contribution in [3.05, 3.63) is 29.8 Å². The second-order valence-corrected chi connectivity index (χ2v) is 4.63. The fraction of sp³-hybridized carbons (Fsp3) is 0.429. The number of rotatable bonds is 1. The Labute approximate surface area is 102 Å². The minimum atomic E-state index is -0.764. The summed E-state index contributed by atoms with van der Waals surface area (Å²) in [4.78, 5) is 2.25. The highest BCUT2D eigenvalue weighted by molar-refractivity contribution is 5.49. The summed E-state index contributed by atoms with van der Waals surface area (Å²) < 4.78 is 0. The number of hydrogen-bond acceptors (Lipinski definition) is 3. The fourth-order valence-corrected chi connectivity index (χ4v) is 2.22. The molecule has 1 aromatic rings. The summed E-state index contributed by atoms with van der Waals surface area (Å²) >= 11 is 0. The van der Waals surface area contributed by atoms with Crippen molar-refractivity contribution in [3.8, 4) is 12.1 Å². The number of nitriles is 2. The van der Waals surface area contributed by atoms with E-state index in [1.165, 1.54) is 11.3 Å². The van der Waals surface area contributed by atoms with Crippen LogP contribution in [0.1, 0.15) is 18.4 Å². The minimum Gasteiger partial charge on any atom is -0.371 e. The van der Waals surface area contributed by atoms with Gasteiger partial charge in [-0.25, -0.2) is 0 Å². The molecule has 0 radical (unpaired) electrons. The molecule has 0 atom stereocenters. The molecule has 1 saturated heterocycles. The van der Waals surface area contributed by atoms with E-state index in [1.54, 1.807) is 0 Å². The van der Waals surface area contributed by atoms with Crippen molar-refractivity contribution in [1.82, 2.24) is 0 Å². The summed E-state index contributed by atoms with van der Waals surface area (Å²) in [5, 5.41) is 18.1. The van der Waals surface area contributed by atoms with Crippen LogP contribution in [0.5, 0.6) is 0 Å². The molecular formula is C14H15N3. The third-order valence-corrected chi connectivity index (χ3v) is 3.41. The molecular weight excluding hydrogens is 210 g/mol. The third-order valence-electron chi connectivity index (χ3n) is 3.41. The Bertz CT molecular complexity index is 469. The summed E-state index contributed by atoms with van der Waals surface area (Å²) in [6.45, 7) is 3.64. The maximum Gasteiger partial charge on any atom is 0.147 e. The van der Waals surface area contributed by atoms with Crippen molar-refractivity contribution in [3.63, 3.8) is 0 Å². The Hall–Kier alpha value is -2.00. The molecule has 17 heavy (non-hydrogen) atoms. The number of nitrogens with zero attached hydrogens (tertiary/aromatic N) is 3. The molecule has 0 spiro atoms. The zero-order chi connectivity index (χ0) is 12.3. The lowest BCUT2D eigenvalue weighted by molar-refractivity contribution is 0.393. The van der Waals surface area contributed by atoms with Gasteiger partial charge in [-0.15, -0.1) is 0 Å². The van der Waals surface area contributed by atoms with E-state index in [0.717, 1.165) is 13.1 Å². The maximum atomic E-state index is 9.05. The lowest BCUT2D eigenvalue weighted by Crippen LogP contribution is -2.38. The van der Waals surface area contributed by atoms with Crippen LogP contribution in [-0.2, 0) is 0 Å². The Kier molecular flexibility index (Phi) is 3.02. The van der Waals surface area contributed by atoms with E-state index in [9.17, 15) is 0 Å². The summed E-state index contributed by atoms with van der Waals surface area (Å²) in [5.41, 5.74) is 1.66. The average Bonchev–Trinajstić information content (AvgIpc) is 2.39. The molecule has 0 amide bonds. The first-order valence-corrected chi connectivity index (χ1v) is 5.83. The molecule has 2 rings (SSSR count). The van der Waals surface area contributed by atoms with Gasteiger partial charge in [0.1, 0.15) is 5.41 Å². The molecule has 3 heteroatoms. The van der Waals surface area contributed by atoms with E-state index in [0.29, 0.717) is 12.8 Å². The van der Waals surface area contributed by atoms with Gasteiger partial charge in [-0.1, -0.05) is 12.1 Å². The summed E-state index contributed by atoms with van der Waals surface area (Å²) in [5.74, 6) is 0. The summed E-state index contributed by atoms with van der Waals surface area (Å²) in [6.07, 6.45) is 1.27. The SMILES string of the molecule is Cc1cccc(N2CCC(C#N)(C#N)CC2)c1. The molecule has 86 valence electrons. The molecule has 0 unspecified atom stereocenters. The minimum absolute atomic E-state index is 0.633. The van der Waals surface area contributed by atoms with Gasteiger partial charge in [-0.3, -0.25) is 0 Å². The zero-order valence-corrected chi connectivity index (χ0v) is 9.98. The molecule has 1 aliphatic heterocycles. The summed E-state index contributed by atoms with van der Waals surface area (Å²) in [6, 6.07) is 12.7. The Morgan fingerprint density at radius 3 is 2.35 bits per heavy atom. The van der Waals surface area contributed by atoms with Crippen LogP contribution in [0.4, 0.5) is 5.69 Å². The predicted octanol–water partition coefficient (Wildman–Crippen LogP) is 2.63. The second kappa shape index (κ2) is 4.47. The van der Waals surface area contributed by atoms with E-state index in [1.807, 2.05) is 6.07 Å². The predicted molar refractivity (Wildman–Crippen MR) is 66.3 cm³/mol. The lowest BCUT2D eigenvalue weighted by atomic mass is 9.81. The highest BCUT2D eigenvalue weighted by Gasteiger charge is 2.34. The van der Waals surface area contributed by atoms with E-state index in [4.69, 9.17) is 10.5 Å². The second-order valence-electron chi connectivity index (χ2n) is 4.63. The van der Waals surface area contributed by atoms with Crippen LogP contribution in [-0.4, -0.2) is 13.1 Å². The first kappa shape index (κ1) is 11.5. The van der Waals surface area contributed by atoms with Gasteiger partial charge in [0.15, 0.2) is 0 Å². The Balaban J connectivity index is 2.11. The van der Waals surface area contributed by atoms with Gasteiger partial charge >= 0.3 is 0 Å². The summed E-state index contributed by atoms with van der Waals surface area (Å²) in [7, 11) is 0. The molecule has 1 aliphatic rings. The quantitative estimate of drug-likeness (QED) is 0.738. The zero-order valence-electron chi connectivity index (χ0n) is 9.98. The number of piperidine rings is 1. The highest BCUT2D eigenvalue weighted by atomic mass is 15.1. The van der Waals surface area contributed by atoms with Crippen LogP contribution in [0.2, 0.25) is 0 Å². The van der Waals surface area contributed by atoms with E-state index in [-0.39, 0.29) is 0 Å². The molecule has 1 aromatic carbocycles. The van der Waals surface area contributed by atoms with Crippen LogP contribution in [0.15, 0.2) is 24.3 Å². The maximum absolute atomic E-state index is 9.05. The molecule has 3 nitrogen and oxygen atoms in total. The first-order valence-electron chi connectivity index (χ1n) is 5.83. The Morgan fingerprint density at radius 1 is 1.18 bits per heavy atom. The number of aryl methyl sites for hydroxylation is 1. The average molecular weight is 225 g/mol. The van der Waals surface area contributed by atoms with Gasteiger partial charge < -0.3 is 4.90 Å². The van der Waals surface area contributed by atoms with E-state index in [2.05, 4.69) is 42.2 Å². The van der Waals surface area contributed by atoms with Crippen molar-refractivity contribution >= 4 is 5.69 Å². The fourth-order valence-electron chi connectivity index (χ4n) is 2.22. The van der Waals surface area contributed by atoms with Gasteiger partial charge in [0.2, 0.25) is 0 Å². The van der Waals surface area contributed by atoms with Crippen LogP contribution in [0, 0.1) is 35.0 Å². The molecule has 0 bridgehead atoms. The molecule has 0 N–H and O–H groups in total. The highest BCUT2D eigenvalue weighted by Crippen LogP contribution is 2.32. The topological polar surface area (TPSA) is 50.8 Å². The van der Waals surface area contributed by atoms with Crippen molar-refractivity contribution in [2.45, 2.75) is 19.8 Å². The van der Waals surface area contributed by atoms with Gasteiger partial charge in [-0.2, -0.15) is 10.5 Å². The van der Waals surface area contributed by atoms with Crippen LogP contribution in [0.3, 0.4) is 0 Å². The monoisotopic (exact) mass is 225 g/mol. The third kappa shape index (κ3) is 2.24. The van der Waals surface area contributed by atoms with Gasteiger partial charge in [0, 0.05) is 18.8 Å². The normalized spacial score (nSPS) is 18.2. The molecule has 0 saturated carbocycles. The number of benzene rings is 1. The molecule has 1 heterocycles. The van der Waals surface area contributed by atoms with Crippen molar-refractivity contribution in [1.29, 1.82) is 10.5 Å². The molecule has 1 fully saturated rings. The lowest BCUT2D eigenvalue weighted by Gasteiger charge is -2.34. The molecule has 0 aromatic heterocycles. The molecule has 0 aliphatic carbocycles. The smallest absolute Gasteiger partial charge is 0.147 e. The Morgan fingerprint density at radius 2 is 1.82 bits per heavy atom. The van der Waals surface area contributed by atoms with Crippen molar-refractivity contribution in [2.24, 2.45) is 5.41 Å². The van der Waals surface area contributed by atoms with Crippen molar-refractivity contribution in [2.75, 3.05) is 18.0 Å². The van der Waals surface area contributed by atoms with Gasteiger partial charge in [0.05, 0.1) is 12.1 Å². The van der Waals surface area contributed by atoms with Crippen LogP contribution < -0.4 is 4.90 Å². The first-order chi connectivity index (χ1) is 8.19. The number of hydrogen-bond donors (Lipinski definition) is 0. The number of anilines is 1. The van der Waals surface area contributed by atoms with Crippen LogP contribution in [0.25, 0.3) is 0 Å². The largest absolute Gasteiger partial charge is 0.371 e. The van der Waals surface area contributed by atoms with Gasteiger partial charge in [0.25, 0.3) is 0 Å². The standard InChI is InChI=1S/C14H15N3/c1-12-3-2-4-13(9-12)17-7-5-14(10-15,11-16)6-8-17/h2-4,9H,5-8H2,1H3. The van der Waals surface area contributed by atoms with Gasteiger partial charge in [-0.05, 0) is 37.5 Å². The van der Waals surface area contributed by atoms with Crippen LogP contribution >= 0.6 is 0 Å². The van der Waals surface area contributed by atoms with E-state index >= 15 is 0 Å². The van der Waals surface area contributed by atoms with E-state index < -0.39 is 5.41 Å².